The maximum absolute atomic E-state index is 12.0. The molecule has 7 rings (SSSR count). The lowest BCUT2D eigenvalue weighted by Crippen LogP contribution is -2.59. The Labute approximate surface area is 208 Å². The number of nitrogens with two attached hydrogens (primary N) is 1. The third kappa shape index (κ3) is 4.61. The van der Waals surface area contributed by atoms with E-state index >= 15 is 0 Å². The second-order valence-electron chi connectivity index (χ2n) is 12.6. The molecule has 192 valence electrons. The molecule has 35 heavy (non-hydrogen) atoms. The first-order valence-corrected chi connectivity index (χ1v) is 13.6. The van der Waals surface area contributed by atoms with E-state index < -0.39 is 17.1 Å². The van der Waals surface area contributed by atoms with E-state index in [9.17, 15) is 4.79 Å². The van der Waals surface area contributed by atoms with Crippen LogP contribution in [0.25, 0.3) is 0 Å². The lowest BCUT2D eigenvalue weighted by molar-refractivity contribution is -0.390. The highest BCUT2D eigenvalue weighted by atomic mass is 17.3. The van der Waals surface area contributed by atoms with Crippen LogP contribution in [0.1, 0.15) is 83.1 Å². The van der Waals surface area contributed by atoms with Crippen molar-refractivity contribution in [3.05, 3.63) is 29.8 Å². The number of hydrogen-bond donors (Lipinski definition) is 2. The molecular formula is C28H40N2O5. The Bertz CT molecular complexity index is 904. The van der Waals surface area contributed by atoms with E-state index in [1.54, 1.807) is 0 Å². The molecule has 0 atom stereocenters. The minimum atomic E-state index is -0.569. The molecule has 6 fully saturated rings. The lowest BCUT2D eigenvalue weighted by atomic mass is 9.53. The number of carbonyl (C=O) groups excluding carboxylic acids is 1. The summed E-state index contributed by atoms with van der Waals surface area (Å²) in [6.07, 6.45) is 10.2. The smallest absolute Gasteiger partial charge is 0.258 e. The summed E-state index contributed by atoms with van der Waals surface area (Å²) in [5, 5.41) is 2.80. The van der Waals surface area contributed by atoms with Gasteiger partial charge in [-0.25, -0.2) is 0 Å². The number of benzene rings is 1. The molecule has 6 aliphatic rings. The maximum Gasteiger partial charge on any atom is 0.258 e. The topological polar surface area (TPSA) is 92.0 Å². The minimum absolute atomic E-state index is 0.0126. The number of carbonyl (C=O) groups is 1. The first-order chi connectivity index (χ1) is 16.7. The second-order valence-corrected chi connectivity index (χ2v) is 12.6. The SMILES string of the molecule is CC(C)(N)CNC(=O)COc1ccc([C@H]2CC[C@]3(CC2)OO[C@]2(O3)C3CC4CC(C3)CC2C4)cc1. The molecule has 1 aliphatic heterocycles. The molecule has 5 aliphatic carbocycles. The van der Waals surface area contributed by atoms with Crippen LogP contribution in [-0.2, 0) is 19.3 Å². The second kappa shape index (κ2) is 8.72. The van der Waals surface area contributed by atoms with Crippen molar-refractivity contribution >= 4 is 5.91 Å². The van der Waals surface area contributed by atoms with Crippen LogP contribution in [0.3, 0.4) is 0 Å². The fourth-order valence-corrected chi connectivity index (χ4v) is 7.55. The average molecular weight is 485 g/mol. The van der Waals surface area contributed by atoms with Gasteiger partial charge in [0.1, 0.15) is 5.75 Å². The van der Waals surface area contributed by atoms with E-state index in [-0.39, 0.29) is 12.5 Å². The third-order valence-electron chi connectivity index (χ3n) is 9.16. The van der Waals surface area contributed by atoms with Crippen molar-refractivity contribution < 1.29 is 24.0 Å². The Morgan fingerprint density at radius 2 is 1.66 bits per heavy atom. The molecule has 0 unspecified atom stereocenters. The van der Waals surface area contributed by atoms with Gasteiger partial charge in [-0.05, 0) is 94.2 Å². The molecule has 7 heteroatoms. The standard InChI is InChI=1S/C28H40N2O5/c1-26(2,29)17-30-25(31)16-32-24-5-3-20(4-6-24)21-7-9-27(10-8-21)33-28(35-34-27)22-12-18-11-19(14-22)15-23(28)13-18/h3-6,18-19,21-23H,7-17,29H2,1-2H3,(H,30,31)/t18?,19?,21-,22?,23?,27+,28-. The van der Waals surface area contributed by atoms with Gasteiger partial charge in [-0.2, -0.15) is 9.78 Å². The molecule has 1 amide bonds. The van der Waals surface area contributed by atoms with Crippen LogP contribution >= 0.6 is 0 Å². The molecule has 4 bridgehead atoms. The number of hydrogen-bond acceptors (Lipinski definition) is 6. The molecule has 1 heterocycles. The molecule has 1 saturated heterocycles. The van der Waals surface area contributed by atoms with Crippen LogP contribution < -0.4 is 15.8 Å². The monoisotopic (exact) mass is 484 g/mol. The van der Waals surface area contributed by atoms with Crippen molar-refractivity contribution in [1.29, 1.82) is 0 Å². The van der Waals surface area contributed by atoms with Gasteiger partial charge in [0.05, 0.1) is 0 Å². The van der Waals surface area contributed by atoms with Crippen LogP contribution in [0.2, 0.25) is 0 Å². The van der Waals surface area contributed by atoms with Gasteiger partial charge in [-0.1, -0.05) is 12.1 Å². The van der Waals surface area contributed by atoms with Gasteiger partial charge >= 0.3 is 0 Å². The number of amides is 1. The minimum Gasteiger partial charge on any atom is -0.484 e. The van der Waals surface area contributed by atoms with Crippen molar-refractivity contribution in [3.63, 3.8) is 0 Å². The Hall–Kier alpha value is -1.67. The van der Waals surface area contributed by atoms with Crippen LogP contribution in [0.4, 0.5) is 0 Å². The van der Waals surface area contributed by atoms with E-state index in [1.165, 1.54) is 37.7 Å². The van der Waals surface area contributed by atoms with Crippen LogP contribution in [0, 0.1) is 23.7 Å². The Morgan fingerprint density at radius 3 is 2.26 bits per heavy atom. The fraction of sp³-hybridized carbons (Fsp3) is 0.750. The molecular weight excluding hydrogens is 444 g/mol. The zero-order valence-corrected chi connectivity index (χ0v) is 21.1. The van der Waals surface area contributed by atoms with Gasteiger partial charge in [-0.3, -0.25) is 4.79 Å². The molecule has 1 aromatic carbocycles. The van der Waals surface area contributed by atoms with E-state index in [2.05, 4.69) is 17.4 Å². The first kappa shape index (κ1) is 23.7. The van der Waals surface area contributed by atoms with Gasteiger partial charge in [0, 0.05) is 36.8 Å². The lowest BCUT2D eigenvalue weighted by Gasteiger charge is -2.57. The summed E-state index contributed by atoms with van der Waals surface area (Å²) in [5.74, 6) is 2.71. The molecule has 3 N–H and O–H groups in total. The number of ether oxygens (including phenoxy) is 2. The van der Waals surface area contributed by atoms with Gasteiger partial charge in [0.15, 0.2) is 6.61 Å². The Balaban J connectivity index is 1.01. The normalized spacial score (nSPS) is 39.9. The highest BCUT2D eigenvalue weighted by Gasteiger charge is 2.66. The molecule has 0 radical (unpaired) electrons. The summed E-state index contributed by atoms with van der Waals surface area (Å²) >= 11 is 0. The highest BCUT2D eigenvalue weighted by Crippen LogP contribution is 2.64. The Kier molecular flexibility index (Phi) is 5.91. The molecule has 1 aromatic rings. The van der Waals surface area contributed by atoms with Crippen LogP contribution in [-0.4, -0.2) is 36.2 Å². The zero-order chi connectivity index (χ0) is 24.3. The van der Waals surface area contributed by atoms with Gasteiger partial charge in [0.25, 0.3) is 5.91 Å². The summed E-state index contributed by atoms with van der Waals surface area (Å²) in [6.45, 7) is 4.15. The van der Waals surface area contributed by atoms with Crippen molar-refractivity contribution in [1.82, 2.24) is 5.32 Å². The van der Waals surface area contributed by atoms with Crippen molar-refractivity contribution in [2.75, 3.05) is 13.2 Å². The van der Waals surface area contributed by atoms with Crippen LogP contribution in [0.5, 0.6) is 5.75 Å². The van der Waals surface area contributed by atoms with E-state index in [4.69, 9.17) is 25.0 Å². The molecule has 2 spiro atoms. The van der Waals surface area contributed by atoms with Gasteiger partial charge < -0.3 is 20.5 Å². The summed E-state index contributed by atoms with van der Waals surface area (Å²) < 4.78 is 12.5. The third-order valence-corrected chi connectivity index (χ3v) is 9.16. The first-order valence-electron chi connectivity index (χ1n) is 13.6. The summed E-state index contributed by atoms with van der Waals surface area (Å²) in [6, 6.07) is 8.14. The molecule has 5 saturated carbocycles. The quantitative estimate of drug-likeness (QED) is 0.582. The van der Waals surface area contributed by atoms with Gasteiger partial charge in [0.2, 0.25) is 11.6 Å². The highest BCUT2D eigenvalue weighted by molar-refractivity contribution is 5.77. The van der Waals surface area contributed by atoms with Crippen molar-refractivity contribution in [2.24, 2.45) is 29.4 Å². The molecule has 7 nitrogen and oxygen atoms in total. The van der Waals surface area contributed by atoms with Crippen molar-refractivity contribution in [2.45, 2.75) is 94.7 Å². The number of rotatable bonds is 6. The van der Waals surface area contributed by atoms with Crippen LogP contribution in [0.15, 0.2) is 24.3 Å². The van der Waals surface area contributed by atoms with E-state index in [1.807, 2.05) is 26.0 Å². The van der Waals surface area contributed by atoms with Crippen molar-refractivity contribution in [3.8, 4) is 5.75 Å². The zero-order valence-electron chi connectivity index (χ0n) is 21.1. The summed E-state index contributed by atoms with van der Waals surface area (Å²) in [4.78, 5) is 24.2. The Morgan fingerprint density at radius 1 is 1.03 bits per heavy atom. The van der Waals surface area contributed by atoms with E-state index in [0.717, 1.165) is 37.5 Å². The predicted octanol–water partition coefficient (Wildman–Crippen LogP) is 4.40. The predicted molar refractivity (Wildman–Crippen MR) is 130 cm³/mol. The summed E-state index contributed by atoms with van der Waals surface area (Å²) in [5.41, 5.74) is 6.76. The maximum atomic E-state index is 12.0. The summed E-state index contributed by atoms with van der Waals surface area (Å²) in [7, 11) is 0. The number of nitrogens with one attached hydrogen (secondary N) is 1. The fourth-order valence-electron chi connectivity index (χ4n) is 7.55. The van der Waals surface area contributed by atoms with Gasteiger partial charge in [-0.15, -0.1) is 0 Å². The van der Waals surface area contributed by atoms with E-state index in [0.29, 0.717) is 30.0 Å². The molecule has 0 aromatic heterocycles. The largest absolute Gasteiger partial charge is 0.484 e. The average Bonchev–Trinajstić information content (AvgIpc) is 3.20.